The average Bonchev–Trinajstić information content (AvgIpc) is 2.56. The summed E-state index contributed by atoms with van der Waals surface area (Å²) in [5.74, 6) is 0.482. The van der Waals surface area contributed by atoms with Gasteiger partial charge in [0.2, 0.25) is 0 Å². The predicted octanol–water partition coefficient (Wildman–Crippen LogP) is 6.89. The second-order valence-corrected chi connectivity index (χ2v) is 6.65. The maximum atomic E-state index is 11.5. The largest absolute Gasteiger partial charge is 0.508 e. The molecule has 0 spiro atoms. The highest BCUT2D eigenvalue weighted by molar-refractivity contribution is 5.59. The van der Waals surface area contributed by atoms with Gasteiger partial charge in [-0.05, 0) is 18.8 Å². The molecule has 1 unspecified atom stereocenters. The maximum absolute atomic E-state index is 11.5. The van der Waals surface area contributed by atoms with E-state index < -0.39 is 6.16 Å². The summed E-state index contributed by atoms with van der Waals surface area (Å²) in [7, 11) is 0. The Morgan fingerprint density at radius 3 is 1.87 bits per heavy atom. The smallest absolute Gasteiger partial charge is 0.434 e. The normalized spacial score (nSPS) is 12.1. The van der Waals surface area contributed by atoms with Gasteiger partial charge in [0.1, 0.15) is 0 Å². The van der Waals surface area contributed by atoms with E-state index in [9.17, 15) is 4.79 Å². The van der Waals surface area contributed by atoms with Gasteiger partial charge < -0.3 is 9.47 Å². The van der Waals surface area contributed by atoms with Crippen molar-refractivity contribution in [3.8, 4) is 0 Å². The number of unbranched alkanes of at least 4 members (excludes halogenated alkanes) is 9. The van der Waals surface area contributed by atoms with Gasteiger partial charge in [0.15, 0.2) is 0 Å². The van der Waals surface area contributed by atoms with Crippen LogP contribution in [-0.4, -0.2) is 19.4 Å². The van der Waals surface area contributed by atoms with Crippen LogP contribution in [0.15, 0.2) is 0 Å². The molecule has 3 nitrogen and oxygen atoms in total. The zero-order valence-corrected chi connectivity index (χ0v) is 15.9. The Hall–Kier alpha value is -0.730. The molecule has 3 heteroatoms. The zero-order chi connectivity index (χ0) is 17.2. The minimum Gasteiger partial charge on any atom is -0.434 e. The van der Waals surface area contributed by atoms with Crippen LogP contribution in [0.5, 0.6) is 0 Å². The van der Waals surface area contributed by atoms with Crippen LogP contribution in [0, 0.1) is 5.92 Å². The number of rotatable bonds is 16. The summed E-state index contributed by atoms with van der Waals surface area (Å²) in [5, 5.41) is 0. The molecular formula is C20H40O3. The van der Waals surface area contributed by atoms with Gasteiger partial charge in [0.05, 0.1) is 13.2 Å². The first-order chi connectivity index (χ1) is 11.2. The number of carbonyl (C=O) groups excluding carboxylic acids is 1. The van der Waals surface area contributed by atoms with Crippen molar-refractivity contribution in [2.24, 2.45) is 5.92 Å². The molecule has 0 aromatic carbocycles. The molecule has 0 bridgehead atoms. The van der Waals surface area contributed by atoms with Gasteiger partial charge in [0, 0.05) is 0 Å². The van der Waals surface area contributed by atoms with Crippen molar-refractivity contribution < 1.29 is 14.3 Å². The molecule has 0 aliphatic heterocycles. The van der Waals surface area contributed by atoms with Gasteiger partial charge in [-0.15, -0.1) is 0 Å². The van der Waals surface area contributed by atoms with Gasteiger partial charge in [-0.1, -0.05) is 91.4 Å². The monoisotopic (exact) mass is 328 g/mol. The third kappa shape index (κ3) is 15.9. The van der Waals surface area contributed by atoms with E-state index in [1.54, 1.807) is 0 Å². The first-order valence-corrected chi connectivity index (χ1v) is 10.0. The molecule has 138 valence electrons. The summed E-state index contributed by atoms with van der Waals surface area (Å²) in [6.45, 7) is 7.59. The molecule has 0 radical (unpaired) electrons. The van der Waals surface area contributed by atoms with E-state index in [0.29, 0.717) is 19.1 Å². The number of hydrogen-bond donors (Lipinski definition) is 0. The highest BCUT2D eigenvalue weighted by atomic mass is 16.7. The van der Waals surface area contributed by atoms with Crippen LogP contribution < -0.4 is 0 Å². The van der Waals surface area contributed by atoms with Crippen LogP contribution in [0.3, 0.4) is 0 Å². The molecule has 0 aliphatic carbocycles. The summed E-state index contributed by atoms with van der Waals surface area (Å²) >= 11 is 0. The predicted molar refractivity (Wildman–Crippen MR) is 97.8 cm³/mol. The third-order valence-corrected chi connectivity index (χ3v) is 4.45. The van der Waals surface area contributed by atoms with Crippen molar-refractivity contribution in [3.63, 3.8) is 0 Å². The van der Waals surface area contributed by atoms with E-state index >= 15 is 0 Å². The van der Waals surface area contributed by atoms with Gasteiger partial charge in [0.25, 0.3) is 0 Å². The Kier molecular flexibility index (Phi) is 17.1. The highest BCUT2D eigenvalue weighted by Crippen LogP contribution is 2.13. The van der Waals surface area contributed by atoms with E-state index in [1.807, 2.05) is 0 Å². The van der Waals surface area contributed by atoms with Crippen LogP contribution in [-0.2, 0) is 9.47 Å². The van der Waals surface area contributed by atoms with Crippen molar-refractivity contribution >= 4 is 6.16 Å². The van der Waals surface area contributed by atoms with E-state index in [1.165, 1.54) is 57.8 Å². The SMILES string of the molecule is CCCCCCCCCCCOC(=O)OCC(CC)CCCC. The zero-order valence-electron chi connectivity index (χ0n) is 15.9. The fraction of sp³-hybridized carbons (Fsp3) is 0.950. The Morgan fingerprint density at radius 2 is 1.30 bits per heavy atom. The second-order valence-electron chi connectivity index (χ2n) is 6.65. The van der Waals surface area contributed by atoms with Gasteiger partial charge >= 0.3 is 6.16 Å². The lowest BCUT2D eigenvalue weighted by atomic mass is 10.0. The molecule has 1 atom stereocenters. The number of ether oxygens (including phenoxy) is 2. The average molecular weight is 329 g/mol. The summed E-state index contributed by atoms with van der Waals surface area (Å²) in [6, 6.07) is 0. The minimum absolute atomic E-state index is 0.482. The molecule has 0 fully saturated rings. The van der Waals surface area contributed by atoms with E-state index in [4.69, 9.17) is 9.47 Å². The summed E-state index contributed by atoms with van der Waals surface area (Å²) in [4.78, 5) is 11.5. The van der Waals surface area contributed by atoms with Crippen molar-refractivity contribution in [3.05, 3.63) is 0 Å². The second kappa shape index (κ2) is 17.6. The highest BCUT2D eigenvalue weighted by Gasteiger charge is 2.10. The quantitative estimate of drug-likeness (QED) is 0.229. The fourth-order valence-corrected chi connectivity index (χ4v) is 2.69. The lowest BCUT2D eigenvalue weighted by molar-refractivity contribution is 0.0415. The standard InChI is InChI=1S/C20H40O3/c1-4-7-9-10-11-12-13-14-15-17-22-20(21)23-18-19(6-3)16-8-5-2/h19H,4-18H2,1-3H3. The van der Waals surface area contributed by atoms with Crippen LogP contribution in [0.2, 0.25) is 0 Å². The first-order valence-electron chi connectivity index (χ1n) is 10.0. The van der Waals surface area contributed by atoms with Crippen molar-refractivity contribution in [2.45, 2.75) is 104 Å². The summed E-state index contributed by atoms with van der Waals surface area (Å²) < 4.78 is 10.4. The van der Waals surface area contributed by atoms with Crippen LogP contribution >= 0.6 is 0 Å². The minimum atomic E-state index is -0.487. The van der Waals surface area contributed by atoms with Crippen LogP contribution in [0.25, 0.3) is 0 Å². The Labute approximate surface area is 144 Å². The Bertz CT molecular complexity index is 253. The molecule has 0 amide bonds. The fourth-order valence-electron chi connectivity index (χ4n) is 2.69. The number of hydrogen-bond acceptors (Lipinski definition) is 3. The van der Waals surface area contributed by atoms with Gasteiger partial charge in [-0.25, -0.2) is 4.79 Å². The van der Waals surface area contributed by atoms with E-state index in [2.05, 4.69) is 20.8 Å². The molecule has 0 aliphatic rings. The van der Waals surface area contributed by atoms with E-state index in [0.717, 1.165) is 25.7 Å². The Morgan fingerprint density at radius 1 is 0.739 bits per heavy atom. The third-order valence-electron chi connectivity index (χ3n) is 4.45. The molecule has 0 rings (SSSR count). The molecule has 0 saturated heterocycles. The summed E-state index contributed by atoms with van der Waals surface area (Å²) in [5.41, 5.74) is 0. The van der Waals surface area contributed by atoms with Gasteiger partial charge in [-0.3, -0.25) is 0 Å². The first kappa shape index (κ1) is 22.3. The van der Waals surface area contributed by atoms with Crippen LogP contribution in [0.1, 0.15) is 104 Å². The molecule has 0 heterocycles. The lowest BCUT2D eigenvalue weighted by Crippen LogP contribution is -2.15. The van der Waals surface area contributed by atoms with Gasteiger partial charge in [-0.2, -0.15) is 0 Å². The molecule has 0 aromatic heterocycles. The molecule has 0 aromatic rings. The van der Waals surface area contributed by atoms with Crippen molar-refractivity contribution in [2.75, 3.05) is 13.2 Å². The van der Waals surface area contributed by atoms with Crippen LogP contribution in [0.4, 0.5) is 4.79 Å². The van der Waals surface area contributed by atoms with Crippen molar-refractivity contribution in [1.29, 1.82) is 0 Å². The Balaban J connectivity index is 3.36. The van der Waals surface area contributed by atoms with Crippen molar-refractivity contribution in [1.82, 2.24) is 0 Å². The molecule has 0 saturated carbocycles. The topological polar surface area (TPSA) is 35.5 Å². The molecule has 23 heavy (non-hydrogen) atoms. The lowest BCUT2D eigenvalue weighted by Gasteiger charge is -2.14. The molecular weight excluding hydrogens is 288 g/mol. The maximum Gasteiger partial charge on any atom is 0.508 e. The number of carbonyl (C=O) groups is 1. The van der Waals surface area contributed by atoms with E-state index in [-0.39, 0.29) is 0 Å². The molecule has 0 N–H and O–H groups in total. The summed E-state index contributed by atoms with van der Waals surface area (Å²) in [6.07, 6.45) is 15.5.